The number of aromatic nitrogens is 1. The summed E-state index contributed by atoms with van der Waals surface area (Å²) in [6.45, 7) is 5.84. The van der Waals surface area contributed by atoms with Crippen LogP contribution in [-0.2, 0) is 16.0 Å². The predicted molar refractivity (Wildman–Crippen MR) is 190 cm³/mol. The lowest BCUT2D eigenvalue weighted by atomic mass is 9.89. The maximum Gasteiger partial charge on any atom is 0.264 e. The van der Waals surface area contributed by atoms with Gasteiger partial charge in [0.25, 0.3) is 6.43 Å². The number of carbonyl (C=O) groups is 3. The van der Waals surface area contributed by atoms with Crippen molar-refractivity contribution in [3.8, 4) is 22.9 Å². The number of para-hydroxylation sites is 1. The first kappa shape index (κ1) is 36.4. The standard InChI is InChI=1S/C40H39F2N5O4/c1-23-8-5-6-9-28(46-39(49)26-12-13-26)21-34(35(23)40(50)44-3)47-33-11-7-10-30(37(33)51-4)27-14-15-31(32(20-27)38(41)42)36(48)24(2)18-29-19-25(22-43)16-17-45-29/h6-7,10-11,14-17,19-21,24,26,35,38,47H,1,5,8,12-13,18H2,2-4H3,(H,44,50)(H,46,49)/b34-21+. The number of hydrogen-bond acceptors (Lipinski definition) is 7. The molecule has 1 fully saturated rings. The van der Waals surface area contributed by atoms with Gasteiger partial charge in [0, 0.05) is 53.2 Å². The van der Waals surface area contributed by atoms with E-state index in [4.69, 9.17) is 4.74 Å². The first-order chi connectivity index (χ1) is 24.5. The predicted octanol–water partition coefficient (Wildman–Crippen LogP) is 7.20. The van der Waals surface area contributed by atoms with Crippen molar-refractivity contribution < 1.29 is 27.9 Å². The number of amides is 2. The molecule has 262 valence electrons. The third-order valence-corrected chi connectivity index (χ3v) is 8.87. The topological polar surface area (TPSA) is 133 Å². The lowest BCUT2D eigenvalue weighted by Gasteiger charge is -2.24. The number of nitrogens with zero attached hydrogens (tertiary/aromatic N) is 2. The summed E-state index contributed by atoms with van der Waals surface area (Å²) in [6, 6.07) is 14.6. The van der Waals surface area contributed by atoms with Crippen molar-refractivity contribution in [2.45, 2.75) is 45.5 Å². The van der Waals surface area contributed by atoms with E-state index in [-0.39, 0.29) is 29.7 Å². The molecule has 0 aliphatic heterocycles. The van der Waals surface area contributed by atoms with E-state index in [1.54, 1.807) is 55.5 Å². The van der Waals surface area contributed by atoms with Gasteiger partial charge in [0.15, 0.2) is 5.78 Å². The number of ketones is 1. The summed E-state index contributed by atoms with van der Waals surface area (Å²) in [4.78, 5) is 43.7. The molecule has 2 amide bonds. The van der Waals surface area contributed by atoms with E-state index >= 15 is 0 Å². The number of halogens is 2. The van der Waals surface area contributed by atoms with Gasteiger partial charge in [0.1, 0.15) is 5.75 Å². The molecule has 1 aromatic heterocycles. The van der Waals surface area contributed by atoms with Gasteiger partial charge >= 0.3 is 0 Å². The highest BCUT2D eigenvalue weighted by molar-refractivity contribution is 6.00. The van der Waals surface area contributed by atoms with Crippen LogP contribution in [0.15, 0.2) is 96.2 Å². The molecule has 9 nitrogen and oxygen atoms in total. The van der Waals surface area contributed by atoms with Crippen LogP contribution in [0.25, 0.3) is 11.1 Å². The molecule has 2 unspecified atom stereocenters. The van der Waals surface area contributed by atoms with Gasteiger partial charge < -0.3 is 20.7 Å². The molecule has 3 aromatic rings. The number of alkyl halides is 2. The lowest BCUT2D eigenvalue weighted by Crippen LogP contribution is -2.33. The number of allylic oxidation sites excluding steroid dienone is 1. The number of Topliss-reactive ketones (excluding diaryl/α,β-unsaturated/α-hetero) is 1. The van der Waals surface area contributed by atoms with E-state index in [0.29, 0.717) is 63.6 Å². The smallest absolute Gasteiger partial charge is 0.264 e. The number of ether oxygens (including phenoxy) is 1. The molecule has 2 aliphatic carbocycles. The van der Waals surface area contributed by atoms with Crippen LogP contribution in [0.5, 0.6) is 5.75 Å². The minimum atomic E-state index is -2.95. The van der Waals surface area contributed by atoms with Crippen LogP contribution in [0.1, 0.15) is 66.2 Å². The van der Waals surface area contributed by atoms with Gasteiger partial charge in [-0.05, 0) is 74.1 Å². The van der Waals surface area contributed by atoms with E-state index in [0.717, 1.165) is 12.8 Å². The lowest BCUT2D eigenvalue weighted by molar-refractivity contribution is -0.122. The van der Waals surface area contributed by atoms with Gasteiger partial charge in [-0.1, -0.05) is 49.1 Å². The second-order valence-corrected chi connectivity index (χ2v) is 12.6. The van der Waals surface area contributed by atoms with Crippen LogP contribution < -0.4 is 20.7 Å². The Labute approximate surface area is 295 Å². The van der Waals surface area contributed by atoms with E-state index in [9.17, 15) is 28.4 Å². The van der Waals surface area contributed by atoms with Crippen molar-refractivity contribution in [2.24, 2.45) is 17.8 Å². The average molecular weight is 692 g/mol. The molecule has 0 saturated heterocycles. The minimum Gasteiger partial charge on any atom is -0.494 e. The van der Waals surface area contributed by atoms with Gasteiger partial charge in [-0.2, -0.15) is 5.26 Å². The largest absolute Gasteiger partial charge is 0.494 e. The maximum atomic E-state index is 14.6. The van der Waals surface area contributed by atoms with Crippen LogP contribution in [-0.4, -0.2) is 36.7 Å². The molecule has 2 aromatic carbocycles. The number of nitrogens with one attached hydrogen (secondary N) is 3. The average Bonchev–Trinajstić information content (AvgIpc) is 3.98. The Kier molecular flexibility index (Phi) is 11.6. The van der Waals surface area contributed by atoms with Crippen molar-refractivity contribution in [3.63, 3.8) is 0 Å². The second-order valence-electron chi connectivity index (χ2n) is 12.6. The Hall–Kier alpha value is -5.85. The quantitative estimate of drug-likeness (QED) is 0.104. The molecule has 2 aliphatic rings. The molecule has 0 radical (unpaired) electrons. The maximum absolute atomic E-state index is 14.6. The zero-order valence-electron chi connectivity index (χ0n) is 28.7. The normalized spacial score (nSPS) is 17.4. The van der Waals surface area contributed by atoms with Crippen molar-refractivity contribution >= 4 is 23.3 Å². The van der Waals surface area contributed by atoms with Crippen LogP contribution in [0.3, 0.4) is 0 Å². The summed E-state index contributed by atoms with van der Waals surface area (Å²) in [6.07, 6.45) is 4.84. The number of anilines is 1. The molecular formula is C40H39F2N5O4. The summed E-state index contributed by atoms with van der Waals surface area (Å²) < 4.78 is 35.0. The summed E-state index contributed by atoms with van der Waals surface area (Å²) in [5.74, 6) is -2.15. The van der Waals surface area contributed by atoms with Crippen molar-refractivity contribution in [1.29, 1.82) is 5.26 Å². The first-order valence-electron chi connectivity index (χ1n) is 16.7. The number of hydrogen-bond donors (Lipinski definition) is 3. The molecule has 1 heterocycles. The van der Waals surface area contributed by atoms with Crippen molar-refractivity contribution in [3.05, 3.63) is 119 Å². The molecule has 0 bridgehead atoms. The third kappa shape index (κ3) is 8.66. The van der Waals surface area contributed by atoms with Gasteiger partial charge in [0.05, 0.1) is 36.0 Å². The highest BCUT2D eigenvalue weighted by Gasteiger charge is 2.31. The van der Waals surface area contributed by atoms with Gasteiger partial charge in [-0.25, -0.2) is 8.78 Å². The summed E-state index contributed by atoms with van der Waals surface area (Å²) in [7, 11) is 2.98. The number of carbonyl (C=O) groups excluding carboxylic acids is 3. The van der Waals surface area contributed by atoms with Gasteiger partial charge in [0.2, 0.25) is 11.8 Å². The molecule has 3 N–H and O–H groups in total. The van der Waals surface area contributed by atoms with Gasteiger partial charge in [-0.15, -0.1) is 0 Å². The van der Waals surface area contributed by atoms with E-state index in [2.05, 4.69) is 33.2 Å². The fourth-order valence-corrected chi connectivity index (χ4v) is 6.02. The van der Waals surface area contributed by atoms with E-state index < -0.39 is 29.6 Å². The first-order valence-corrected chi connectivity index (χ1v) is 16.7. The monoisotopic (exact) mass is 691 g/mol. The zero-order chi connectivity index (χ0) is 36.7. The Morgan fingerprint density at radius 3 is 2.61 bits per heavy atom. The Bertz CT molecular complexity index is 2000. The molecule has 1 saturated carbocycles. The van der Waals surface area contributed by atoms with Crippen molar-refractivity contribution in [2.75, 3.05) is 19.5 Å². The number of pyridine rings is 1. The Balaban J connectivity index is 1.51. The van der Waals surface area contributed by atoms with E-state index in [1.165, 1.54) is 32.5 Å². The zero-order valence-corrected chi connectivity index (χ0v) is 28.7. The number of benzene rings is 2. The third-order valence-electron chi connectivity index (χ3n) is 8.87. The highest BCUT2D eigenvalue weighted by atomic mass is 19.3. The minimum absolute atomic E-state index is 0.0558. The number of methoxy groups -OCH3 is 1. The molecule has 5 rings (SSSR count). The van der Waals surface area contributed by atoms with Gasteiger partial charge in [-0.3, -0.25) is 19.4 Å². The number of rotatable bonds is 12. The van der Waals surface area contributed by atoms with Crippen LogP contribution >= 0.6 is 0 Å². The summed E-state index contributed by atoms with van der Waals surface area (Å²) in [5.41, 5.74) is 6.23. The van der Waals surface area contributed by atoms with E-state index in [1.807, 2.05) is 6.07 Å². The van der Waals surface area contributed by atoms with Crippen LogP contribution in [0.4, 0.5) is 14.5 Å². The SMILES string of the molecule is C=C1CCC=C=C(NC(=O)C2CC2)/C=C(/Nc2cccc(-c3ccc(C(=O)C(C)Cc4cc(C#N)ccn4)c(C(F)F)c3)c2OC)C1C(=O)NC. The number of nitriles is 1. The molecular weight excluding hydrogens is 652 g/mol. The Morgan fingerprint density at radius 2 is 1.92 bits per heavy atom. The fourth-order valence-electron chi connectivity index (χ4n) is 6.02. The summed E-state index contributed by atoms with van der Waals surface area (Å²) in [5, 5.41) is 18.1. The molecule has 51 heavy (non-hydrogen) atoms. The van der Waals surface area contributed by atoms with Crippen LogP contribution in [0, 0.1) is 29.1 Å². The Morgan fingerprint density at radius 1 is 1.14 bits per heavy atom. The molecule has 11 heteroatoms. The molecule has 2 atom stereocenters. The van der Waals surface area contributed by atoms with Crippen LogP contribution in [0.2, 0.25) is 0 Å². The molecule has 0 spiro atoms. The summed E-state index contributed by atoms with van der Waals surface area (Å²) >= 11 is 0. The highest BCUT2D eigenvalue weighted by Crippen LogP contribution is 2.40. The van der Waals surface area contributed by atoms with Crippen molar-refractivity contribution in [1.82, 2.24) is 15.6 Å². The fraction of sp³-hybridized carbons (Fsp3) is 0.300. The second kappa shape index (κ2) is 16.2.